The van der Waals surface area contributed by atoms with Crippen molar-refractivity contribution in [3.8, 4) is 0 Å². The number of nitrogens with one attached hydrogen (secondary N) is 1. The van der Waals surface area contributed by atoms with Gasteiger partial charge in [-0.05, 0) is 38.8 Å². The molecule has 0 amide bonds. The number of ether oxygens (including phenoxy) is 1. The predicted octanol–water partition coefficient (Wildman–Crippen LogP) is 2.67. The Balaban J connectivity index is 1.65. The lowest BCUT2D eigenvalue weighted by molar-refractivity contribution is 0.0788. The lowest BCUT2D eigenvalue weighted by atomic mass is 10.0. The molecule has 19 heavy (non-hydrogen) atoms. The topological polar surface area (TPSA) is 24.5 Å². The SMILES string of the molecule is CC(C)OCCNC1CCN(c2ccccc2)CC1. The van der Waals surface area contributed by atoms with Crippen molar-refractivity contribution in [3.05, 3.63) is 30.3 Å². The van der Waals surface area contributed by atoms with Crippen molar-refractivity contribution in [1.29, 1.82) is 0 Å². The van der Waals surface area contributed by atoms with Crippen molar-refractivity contribution in [3.63, 3.8) is 0 Å². The van der Waals surface area contributed by atoms with Gasteiger partial charge in [0.05, 0.1) is 12.7 Å². The minimum absolute atomic E-state index is 0.335. The van der Waals surface area contributed by atoms with Crippen molar-refractivity contribution in [2.45, 2.75) is 38.8 Å². The number of benzene rings is 1. The van der Waals surface area contributed by atoms with E-state index in [0.29, 0.717) is 12.1 Å². The summed E-state index contributed by atoms with van der Waals surface area (Å²) in [4.78, 5) is 2.47. The average Bonchev–Trinajstić information content (AvgIpc) is 2.45. The highest BCUT2D eigenvalue weighted by Crippen LogP contribution is 2.19. The molecule has 1 saturated heterocycles. The molecular formula is C16H26N2O. The Kier molecular flexibility index (Phi) is 5.67. The van der Waals surface area contributed by atoms with Gasteiger partial charge in [0.2, 0.25) is 0 Å². The van der Waals surface area contributed by atoms with E-state index in [-0.39, 0.29) is 0 Å². The number of hydrogen-bond donors (Lipinski definition) is 1. The van der Waals surface area contributed by atoms with Crippen molar-refractivity contribution in [2.24, 2.45) is 0 Å². The molecule has 0 radical (unpaired) electrons. The van der Waals surface area contributed by atoms with Crippen molar-refractivity contribution in [2.75, 3.05) is 31.1 Å². The number of rotatable bonds is 6. The summed E-state index contributed by atoms with van der Waals surface area (Å²) in [7, 11) is 0. The zero-order valence-electron chi connectivity index (χ0n) is 12.1. The van der Waals surface area contributed by atoms with Gasteiger partial charge < -0.3 is 15.0 Å². The second kappa shape index (κ2) is 7.51. The molecule has 1 fully saturated rings. The van der Waals surface area contributed by atoms with Crippen LogP contribution in [0.4, 0.5) is 5.69 Å². The van der Waals surface area contributed by atoms with Gasteiger partial charge in [0.1, 0.15) is 0 Å². The standard InChI is InChI=1S/C16H26N2O/c1-14(2)19-13-10-17-15-8-11-18(12-9-15)16-6-4-3-5-7-16/h3-7,14-15,17H,8-13H2,1-2H3. The number of nitrogens with zero attached hydrogens (tertiary/aromatic N) is 1. The normalized spacial score (nSPS) is 17.1. The van der Waals surface area contributed by atoms with Crippen LogP contribution in [0.1, 0.15) is 26.7 Å². The van der Waals surface area contributed by atoms with Gasteiger partial charge in [-0.15, -0.1) is 0 Å². The number of hydrogen-bond acceptors (Lipinski definition) is 3. The first-order valence-electron chi connectivity index (χ1n) is 7.40. The van der Waals surface area contributed by atoms with Gasteiger partial charge in [-0.1, -0.05) is 18.2 Å². The third-order valence-corrected chi connectivity index (χ3v) is 3.60. The fraction of sp³-hybridized carbons (Fsp3) is 0.625. The Morgan fingerprint density at radius 2 is 1.89 bits per heavy atom. The van der Waals surface area contributed by atoms with Crippen molar-refractivity contribution in [1.82, 2.24) is 5.32 Å². The minimum atomic E-state index is 0.335. The van der Waals surface area contributed by atoms with E-state index in [1.807, 2.05) is 0 Å². The summed E-state index contributed by atoms with van der Waals surface area (Å²) in [5.74, 6) is 0. The molecule has 0 aliphatic carbocycles. The Hall–Kier alpha value is -1.06. The van der Waals surface area contributed by atoms with E-state index in [2.05, 4.69) is 54.4 Å². The second-order valence-corrected chi connectivity index (χ2v) is 5.47. The molecule has 3 nitrogen and oxygen atoms in total. The fourth-order valence-electron chi connectivity index (χ4n) is 2.54. The van der Waals surface area contributed by atoms with Gasteiger partial charge in [-0.25, -0.2) is 0 Å². The minimum Gasteiger partial charge on any atom is -0.377 e. The van der Waals surface area contributed by atoms with Crippen LogP contribution in [0.25, 0.3) is 0 Å². The van der Waals surface area contributed by atoms with E-state index >= 15 is 0 Å². The quantitative estimate of drug-likeness (QED) is 0.798. The van der Waals surface area contributed by atoms with Crippen LogP contribution in [0.2, 0.25) is 0 Å². The fourth-order valence-corrected chi connectivity index (χ4v) is 2.54. The van der Waals surface area contributed by atoms with Gasteiger partial charge in [-0.3, -0.25) is 0 Å². The molecule has 3 heteroatoms. The molecule has 2 rings (SSSR count). The highest BCUT2D eigenvalue weighted by Gasteiger charge is 2.18. The highest BCUT2D eigenvalue weighted by atomic mass is 16.5. The van der Waals surface area contributed by atoms with Crippen LogP contribution in [0.15, 0.2) is 30.3 Å². The summed E-state index contributed by atoms with van der Waals surface area (Å²) >= 11 is 0. The Morgan fingerprint density at radius 1 is 1.21 bits per heavy atom. The maximum Gasteiger partial charge on any atom is 0.0594 e. The molecule has 0 spiro atoms. The zero-order valence-corrected chi connectivity index (χ0v) is 12.1. The molecule has 1 N–H and O–H groups in total. The summed E-state index contributed by atoms with van der Waals surface area (Å²) < 4.78 is 5.55. The summed E-state index contributed by atoms with van der Waals surface area (Å²) in [6, 6.07) is 11.4. The molecule has 1 aliphatic heterocycles. The largest absolute Gasteiger partial charge is 0.377 e. The Morgan fingerprint density at radius 3 is 2.53 bits per heavy atom. The summed E-state index contributed by atoms with van der Waals surface area (Å²) in [6.07, 6.45) is 2.77. The number of para-hydroxylation sites is 1. The molecular weight excluding hydrogens is 236 g/mol. The van der Waals surface area contributed by atoms with Gasteiger partial charge in [-0.2, -0.15) is 0 Å². The van der Waals surface area contributed by atoms with Gasteiger partial charge in [0, 0.05) is 31.4 Å². The van der Waals surface area contributed by atoms with Gasteiger partial charge in [0.25, 0.3) is 0 Å². The third kappa shape index (κ3) is 4.84. The highest BCUT2D eigenvalue weighted by molar-refractivity contribution is 5.46. The average molecular weight is 262 g/mol. The molecule has 0 saturated carbocycles. The maximum atomic E-state index is 5.55. The monoisotopic (exact) mass is 262 g/mol. The number of anilines is 1. The first-order chi connectivity index (χ1) is 9.25. The molecule has 1 aliphatic rings. The third-order valence-electron chi connectivity index (χ3n) is 3.60. The van der Waals surface area contributed by atoms with Gasteiger partial charge in [0.15, 0.2) is 0 Å². The van der Waals surface area contributed by atoms with Crippen LogP contribution in [-0.4, -0.2) is 38.4 Å². The molecule has 0 aromatic heterocycles. The first kappa shape index (κ1) is 14.4. The predicted molar refractivity (Wildman–Crippen MR) is 80.8 cm³/mol. The van der Waals surface area contributed by atoms with Crippen LogP contribution < -0.4 is 10.2 Å². The molecule has 106 valence electrons. The summed E-state index contributed by atoms with van der Waals surface area (Å²) in [5.41, 5.74) is 1.35. The van der Waals surface area contributed by atoms with Crippen LogP contribution >= 0.6 is 0 Å². The zero-order chi connectivity index (χ0) is 13.5. The van der Waals surface area contributed by atoms with E-state index in [0.717, 1.165) is 26.2 Å². The van der Waals surface area contributed by atoms with Crippen molar-refractivity contribution >= 4 is 5.69 Å². The second-order valence-electron chi connectivity index (χ2n) is 5.47. The molecule has 0 unspecified atom stereocenters. The molecule has 1 aromatic rings. The Labute approximate surface area is 116 Å². The van der Waals surface area contributed by atoms with E-state index in [1.165, 1.54) is 18.5 Å². The molecule has 1 aromatic carbocycles. The molecule has 0 atom stereocenters. The van der Waals surface area contributed by atoms with Gasteiger partial charge >= 0.3 is 0 Å². The lowest BCUT2D eigenvalue weighted by Gasteiger charge is -2.34. The Bertz CT molecular complexity index is 345. The van der Waals surface area contributed by atoms with Crippen LogP contribution in [0.5, 0.6) is 0 Å². The van der Waals surface area contributed by atoms with Crippen LogP contribution in [0.3, 0.4) is 0 Å². The number of piperidine rings is 1. The smallest absolute Gasteiger partial charge is 0.0594 e. The molecule has 0 bridgehead atoms. The summed E-state index contributed by atoms with van der Waals surface area (Å²) in [6.45, 7) is 8.24. The van der Waals surface area contributed by atoms with Crippen LogP contribution in [0, 0.1) is 0 Å². The molecule has 1 heterocycles. The first-order valence-corrected chi connectivity index (χ1v) is 7.40. The van der Waals surface area contributed by atoms with E-state index in [9.17, 15) is 0 Å². The maximum absolute atomic E-state index is 5.55. The lowest BCUT2D eigenvalue weighted by Crippen LogP contribution is -2.43. The van der Waals surface area contributed by atoms with E-state index in [1.54, 1.807) is 0 Å². The van der Waals surface area contributed by atoms with Crippen molar-refractivity contribution < 1.29 is 4.74 Å². The van der Waals surface area contributed by atoms with E-state index < -0.39 is 0 Å². The van der Waals surface area contributed by atoms with E-state index in [4.69, 9.17) is 4.74 Å². The summed E-state index contributed by atoms with van der Waals surface area (Å²) in [5, 5.41) is 3.60. The van der Waals surface area contributed by atoms with Crippen LogP contribution in [-0.2, 0) is 4.74 Å².